The van der Waals surface area contributed by atoms with Crippen LogP contribution in [0.5, 0.6) is 0 Å². The third kappa shape index (κ3) is 1.25. The summed E-state index contributed by atoms with van der Waals surface area (Å²) in [5, 5.41) is 0.713. The Balaban J connectivity index is 2.95. The molecule has 0 spiro atoms. The van der Waals surface area contributed by atoms with Crippen LogP contribution in [0.15, 0.2) is 23.1 Å². The summed E-state index contributed by atoms with van der Waals surface area (Å²) in [5.74, 6) is 0. The molecule has 0 aliphatic heterocycles. The predicted octanol–water partition coefficient (Wildman–Crippen LogP) is 3.93. The van der Waals surface area contributed by atoms with Gasteiger partial charge >= 0.3 is 0 Å². The zero-order valence-corrected chi connectivity index (χ0v) is 9.71. The number of benzene rings is 1. The molecule has 0 unspecified atom stereocenters. The Kier molecular flexibility index (Phi) is 2.31. The van der Waals surface area contributed by atoms with Crippen LogP contribution in [0, 0.1) is 8.70 Å². The molecule has 62 valence electrons. The van der Waals surface area contributed by atoms with Crippen LogP contribution in [0.25, 0.3) is 10.1 Å². The SMILES string of the molecule is Fc1sc2c(I)cccc2c1S. The Morgan fingerprint density at radius 1 is 1.42 bits per heavy atom. The molecule has 0 aliphatic rings. The maximum Gasteiger partial charge on any atom is 0.190 e. The molecule has 0 saturated heterocycles. The number of halogens is 2. The Morgan fingerprint density at radius 3 is 2.83 bits per heavy atom. The average Bonchev–Trinajstić information content (AvgIpc) is 2.32. The number of thiol groups is 1. The molecule has 0 bridgehead atoms. The molecule has 1 aromatic carbocycles. The Hall–Kier alpha value is 0.190. The average molecular weight is 310 g/mol. The highest BCUT2D eigenvalue weighted by Crippen LogP contribution is 2.34. The van der Waals surface area contributed by atoms with E-state index in [4.69, 9.17) is 0 Å². The van der Waals surface area contributed by atoms with Crippen LogP contribution >= 0.6 is 46.6 Å². The molecular formula is C8H4FIS2. The van der Waals surface area contributed by atoms with E-state index < -0.39 is 0 Å². The molecule has 4 heteroatoms. The lowest BCUT2D eigenvalue weighted by molar-refractivity contribution is 0.636. The lowest BCUT2D eigenvalue weighted by Crippen LogP contribution is -1.69. The van der Waals surface area contributed by atoms with Gasteiger partial charge in [-0.1, -0.05) is 12.1 Å². The first-order valence-corrected chi connectivity index (χ1v) is 5.60. The smallest absolute Gasteiger partial charge is 0.190 e. The lowest BCUT2D eigenvalue weighted by atomic mass is 10.3. The number of fused-ring (bicyclic) bond motifs is 1. The molecule has 0 atom stereocenters. The first kappa shape index (κ1) is 8.77. The van der Waals surface area contributed by atoms with Crippen LogP contribution in [0.2, 0.25) is 0 Å². The fourth-order valence-electron chi connectivity index (χ4n) is 1.04. The molecule has 0 amide bonds. The topological polar surface area (TPSA) is 0 Å². The molecule has 2 aromatic rings. The van der Waals surface area contributed by atoms with Crippen molar-refractivity contribution in [3.05, 3.63) is 26.9 Å². The Bertz CT molecular complexity index is 436. The summed E-state index contributed by atoms with van der Waals surface area (Å²) in [4.78, 5) is 0.466. The second-order valence-corrected chi connectivity index (χ2v) is 4.92. The van der Waals surface area contributed by atoms with Gasteiger partial charge < -0.3 is 0 Å². The van der Waals surface area contributed by atoms with Crippen molar-refractivity contribution in [2.45, 2.75) is 4.90 Å². The minimum atomic E-state index is -0.197. The largest absolute Gasteiger partial charge is 0.194 e. The molecule has 0 nitrogen and oxygen atoms in total. The zero-order valence-electron chi connectivity index (χ0n) is 5.84. The van der Waals surface area contributed by atoms with Crippen LogP contribution in [0.3, 0.4) is 0 Å². The van der Waals surface area contributed by atoms with Crippen LogP contribution in [-0.2, 0) is 0 Å². The van der Waals surface area contributed by atoms with Gasteiger partial charge in [0, 0.05) is 8.96 Å². The Labute approximate surface area is 92.3 Å². The van der Waals surface area contributed by atoms with Gasteiger partial charge in [-0.2, -0.15) is 4.39 Å². The maximum atomic E-state index is 13.1. The third-order valence-corrected chi connectivity index (χ3v) is 4.48. The molecular weight excluding hydrogens is 306 g/mol. The van der Waals surface area contributed by atoms with E-state index in [-0.39, 0.29) is 5.13 Å². The molecule has 1 heterocycles. The van der Waals surface area contributed by atoms with Gasteiger partial charge in [0.15, 0.2) is 5.13 Å². The second-order valence-electron chi connectivity index (χ2n) is 2.34. The molecule has 0 radical (unpaired) electrons. The van der Waals surface area contributed by atoms with Gasteiger partial charge in [0.2, 0.25) is 0 Å². The van der Waals surface area contributed by atoms with E-state index in [1.165, 1.54) is 0 Å². The first-order chi connectivity index (χ1) is 5.70. The molecule has 12 heavy (non-hydrogen) atoms. The molecule has 0 saturated carbocycles. The van der Waals surface area contributed by atoms with Gasteiger partial charge in [0.25, 0.3) is 0 Å². The fraction of sp³-hybridized carbons (Fsp3) is 0. The predicted molar refractivity (Wildman–Crippen MR) is 61.8 cm³/mol. The van der Waals surface area contributed by atoms with Gasteiger partial charge in [-0.15, -0.1) is 24.0 Å². The maximum absolute atomic E-state index is 13.1. The summed E-state index contributed by atoms with van der Waals surface area (Å²) in [6, 6.07) is 5.77. The van der Waals surface area contributed by atoms with Crippen molar-refractivity contribution < 1.29 is 4.39 Å². The standard InChI is InChI=1S/C8H4FIS2/c9-8-6(11)4-2-1-3-5(10)7(4)12-8/h1-3,11H. The summed E-state index contributed by atoms with van der Waals surface area (Å²) in [6.45, 7) is 0. The van der Waals surface area contributed by atoms with Crippen molar-refractivity contribution >= 4 is 56.6 Å². The fourth-order valence-corrected chi connectivity index (χ4v) is 3.10. The number of thiophene rings is 1. The molecule has 0 aliphatic carbocycles. The first-order valence-electron chi connectivity index (χ1n) is 3.25. The van der Waals surface area contributed by atoms with E-state index in [9.17, 15) is 4.39 Å². The summed E-state index contributed by atoms with van der Waals surface area (Å²) in [6.07, 6.45) is 0. The van der Waals surface area contributed by atoms with Gasteiger partial charge in [0.05, 0.1) is 9.60 Å². The quantitative estimate of drug-likeness (QED) is 0.553. The highest BCUT2D eigenvalue weighted by molar-refractivity contribution is 14.1. The van der Waals surface area contributed by atoms with Crippen molar-refractivity contribution in [3.8, 4) is 0 Å². The van der Waals surface area contributed by atoms with Crippen molar-refractivity contribution in [1.82, 2.24) is 0 Å². The number of rotatable bonds is 0. The summed E-state index contributed by atoms with van der Waals surface area (Å²) < 4.78 is 15.1. The van der Waals surface area contributed by atoms with E-state index in [1.807, 2.05) is 18.2 Å². The van der Waals surface area contributed by atoms with Crippen LogP contribution < -0.4 is 0 Å². The Morgan fingerprint density at radius 2 is 2.17 bits per heavy atom. The van der Waals surface area contributed by atoms with E-state index >= 15 is 0 Å². The van der Waals surface area contributed by atoms with Crippen molar-refractivity contribution in [3.63, 3.8) is 0 Å². The van der Waals surface area contributed by atoms with Crippen LogP contribution in [-0.4, -0.2) is 0 Å². The van der Waals surface area contributed by atoms with Crippen LogP contribution in [0.4, 0.5) is 4.39 Å². The highest BCUT2D eigenvalue weighted by atomic mass is 127. The zero-order chi connectivity index (χ0) is 8.72. The van der Waals surface area contributed by atoms with Crippen LogP contribution in [0.1, 0.15) is 0 Å². The minimum absolute atomic E-state index is 0.197. The van der Waals surface area contributed by atoms with E-state index in [0.717, 1.165) is 25.0 Å². The molecule has 2 rings (SSSR count). The van der Waals surface area contributed by atoms with E-state index in [0.29, 0.717) is 4.90 Å². The monoisotopic (exact) mass is 310 g/mol. The number of hydrogen-bond acceptors (Lipinski definition) is 2. The third-order valence-electron chi connectivity index (χ3n) is 1.60. The second kappa shape index (κ2) is 3.16. The summed E-state index contributed by atoms with van der Waals surface area (Å²) in [5.41, 5.74) is 0. The van der Waals surface area contributed by atoms with Gasteiger partial charge in [0.1, 0.15) is 0 Å². The van der Waals surface area contributed by atoms with E-state index in [2.05, 4.69) is 35.2 Å². The minimum Gasteiger partial charge on any atom is -0.194 e. The van der Waals surface area contributed by atoms with Gasteiger partial charge in [-0.05, 0) is 28.7 Å². The summed E-state index contributed by atoms with van der Waals surface area (Å²) in [7, 11) is 0. The van der Waals surface area contributed by atoms with Crippen molar-refractivity contribution in [2.24, 2.45) is 0 Å². The molecule has 0 N–H and O–H groups in total. The van der Waals surface area contributed by atoms with Crippen molar-refractivity contribution in [2.75, 3.05) is 0 Å². The number of hydrogen-bond donors (Lipinski definition) is 1. The lowest BCUT2D eigenvalue weighted by Gasteiger charge is -1.91. The van der Waals surface area contributed by atoms with Gasteiger partial charge in [-0.3, -0.25) is 0 Å². The summed E-state index contributed by atoms with van der Waals surface area (Å²) >= 11 is 7.45. The normalized spacial score (nSPS) is 10.9. The van der Waals surface area contributed by atoms with Crippen molar-refractivity contribution in [1.29, 1.82) is 0 Å². The highest BCUT2D eigenvalue weighted by Gasteiger charge is 2.09. The van der Waals surface area contributed by atoms with Gasteiger partial charge in [-0.25, -0.2) is 0 Å². The molecule has 1 aromatic heterocycles. The van der Waals surface area contributed by atoms with E-state index in [1.54, 1.807) is 0 Å². The molecule has 0 fully saturated rings.